The first-order valence-corrected chi connectivity index (χ1v) is 35.5. The Morgan fingerprint density at radius 1 is 0.773 bits per heavy atom. The number of carbonyl (C=O) groups is 1. The Hall–Kier alpha value is -5.74. The van der Waals surface area contributed by atoms with Crippen LogP contribution in [-0.4, -0.2) is 146 Å². The zero-order valence-electron chi connectivity index (χ0n) is 55.6. The van der Waals surface area contributed by atoms with Crippen LogP contribution in [0.3, 0.4) is 0 Å². The first-order valence-electron chi connectivity index (χ1n) is 33.2. The maximum Gasteiger partial charge on any atom is 0.435 e. The molecule has 26 heteroatoms. The molecule has 4 aromatic carbocycles. The summed E-state index contributed by atoms with van der Waals surface area (Å²) in [6, 6.07) is 31.3. The fourth-order valence-corrected chi connectivity index (χ4v) is 17.2. The van der Waals surface area contributed by atoms with Crippen LogP contribution < -0.4 is 30.8 Å². The number of rotatable bonds is 33. The summed E-state index contributed by atoms with van der Waals surface area (Å²) in [5.41, 5.74) is -3.60. The smallest absolute Gasteiger partial charge is 0.435 e. The predicted octanol–water partition coefficient (Wildman–Crippen LogP) is 14.1. The van der Waals surface area contributed by atoms with Crippen LogP contribution in [0, 0.1) is 17.3 Å². The number of nitrogens with one attached hydrogen (secondary N) is 2. The van der Waals surface area contributed by atoms with Gasteiger partial charge in [-0.3, -0.25) is 19.1 Å². The summed E-state index contributed by atoms with van der Waals surface area (Å²) in [6.45, 7) is 5.76. The highest BCUT2D eigenvalue weighted by Gasteiger charge is 2.85. The van der Waals surface area contributed by atoms with Gasteiger partial charge in [0.05, 0.1) is 52.9 Å². The summed E-state index contributed by atoms with van der Waals surface area (Å²) < 4.78 is 162. The van der Waals surface area contributed by atoms with Crippen molar-refractivity contribution >= 4 is 27.5 Å². The first kappa shape index (κ1) is 75.5. The lowest BCUT2D eigenvalue weighted by Gasteiger charge is -2.50. The van der Waals surface area contributed by atoms with Crippen molar-refractivity contribution in [1.29, 1.82) is 0 Å². The molecular formula is C71H89F9N4O11S2. The van der Waals surface area contributed by atoms with Gasteiger partial charge in [-0.15, -0.1) is 0 Å². The lowest BCUT2D eigenvalue weighted by atomic mass is 9.55. The standard InChI is InChI=1S/C71H89F9N4O11S2/c1-65(2,34-38-91-53-26-28-54-46(42-53)16-27-56-55(54)32-33-66(3)57(56)29-30-60(66)92-39-36-83(4)37-40-93-68(69(72,73)74,70(75,76)77)71(78,79)80)97-96-41-13-8-7-12-35-81-61(86)31-17-47-44-84(64(88)82-63(47)87)62-43-58(85)59(95-62)45-94-67(48-14-10-9-11-15-48,49-18-22-51(89-5)23-19-49)50-20-24-52(90-6)25-21-50/h9-11,14-15,18-26,28,42,44,55-60,62,85H,7-8,12-13,16-17,27,29-41,43,45H2,1-6H3,(H,81,86)(H,82,87,88)/t55?,56?,57-,58-,59+,60-,62+,66-/m0/s1. The van der Waals surface area contributed by atoms with E-state index in [1.54, 1.807) is 14.2 Å². The Morgan fingerprint density at radius 3 is 2.05 bits per heavy atom. The summed E-state index contributed by atoms with van der Waals surface area (Å²) in [5, 5.41) is 14.4. The van der Waals surface area contributed by atoms with E-state index in [0.29, 0.717) is 42.4 Å². The molecule has 3 N–H and O–H groups in total. The van der Waals surface area contributed by atoms with Gasteiger partial charge in [-0.25, -0.2) is 4.79 Å². The number of aryl methyl sites for hydroxylation is 2. The molecule has 8 atom stereocenters. The fourth-order valence-electron chi connectivity index (χ4n) is 14.5. The van der Waals surface area contributed by atoms with Crippen LogP contribution in [0.4, 0.5) is 39.5 Å². The predicted molar refractivity (Wildman–Crippen MR) is 353 cm³/mol. The molecule has 0 bridgehead atoms. The first-order chi connectivity index (χ1) is 46.0. The van der Waals surface area contributed by atoms with Gasteiger partial charge in [0, 0.05) is 54.7 Å². The third kappa shape index (κ3) is 17.5. The van der Waals surface area contributed by atoms with Gasteiger partial charge in [0.15, 0.2) is 0 Å². The minimum absolute atomic E-state index is 0.0323. The number of carbonyl (C=O) groups excluding carboxylic acids is 1. The zero-order chi connectivity index (χ0) is 70.0. The molecule has 0 radical (unpaired) electrons. The number of alkyl halides is 9. The Labute approximate surface area is 567 Å². The second-order valence-electron chi connectivity index (χ2n) is 26.7. The van der Waals surface area contributed by atoms with Crippen molar-refractivity contribution in [3.8, 4) is 17.2 Å². The van der Waals surface area contributed by atoms with E-state index in [0.717, 1.165) is 98.8 Å². The van der Waals surface area contributed by atoms with Gasteiger partial charge < -0.3 is 48.5 Å². The van der Waals surface area contributed by atoms with E-state index in [2.05, 4.69) is 54.0 Å². The van der Waals surface area contributed by atoms with E-state index in [1.807, 2.05) is 100 Å². The maximum absolute atomic E-state index is 13.3. The van der Waals surface area contributed by atoms with Crippen LogP contribution in [0.2, 0.25) is 0 Å². The van der Waals surface area contributed by atoms with E-state index in [-0.39, 0.29) is 66.8 Å². The minimum atomic E-state index is -6.77. The van der Waals surface area contributed by atoms with E-state index in [1.165, 1.54) is 33.8 Å². The van der Waals surface area contributed by atoms with E-state index in [9.17, 15) is 59.0 Å². The number of hydrogen-bond donors (Lipinski definition) is 3. The van der Waals surface area contributed by atoms with Gasteiger partial charge in [-0.1, -0.05) is 102 Å². The molecule has 3 aliphatic carbocycles. The number of methoxy groups -OCH3 is 2. The summed E-state index contributed by atoms with van der Waals surface area (Å²) in [4.78, 5) is 42.9. The summed E-state index contributed by atoms with van der Waals surface area (Å²) in [7, 11) is 8.26. The van der Waals surface area contributed by atoms with Crippen molar-refractivity contribution in [3.63, 3.8) is 0 Å². The molecule has 97 heavy (non-hydrogen) atoms. The van der Waals surface area contributed by atoms with Crippen molar-refractivity contribution in [2.75, 3.05) is 73.1 Å². The van der Waals surface area contributed by atoms with Crippen LogP contribution in [0.5, 0.6) is 17.2 Å². The Kier molecular flexibility index (Phi) is 25.1. The molecule has 3 fully saturated rings. The van der Waals surface area contributed by atoms with Gasteiger partial charge in [0.25, 0.3) is 5.56 Å². The number of aliphatic hydroxyl groups excluding tert-OH is 1. The number of hydrogen-bond acceptors (Lipinski definition) is 14. The molecule has 1 aromatic heterocycles. The molecular weight excluding hydrogens is 1320 g/mol. The largest absolute Gasteiger partial charge is 0.497 e. The zero-order valence-corrected chi connectivity index (χ0v) is 57.2. The highest BCUT2D eigenvalue weighted by molar-refractivity contribution is 8.77. The van der Waals surface area contributed by atoms with Crippen LogP contribution >= 0.6 is 21.6 Å². The number of halogens is 9. The number of ether oxygens (including phenoxy) is 7. The van der Waals surface area contributed by atoms with Gasteiger partial charge in [0.1, 0.15) is 35.2 Å². The summed E-state index contributed by atoms with van der Waals surface area (Å²) in [6.07, 6.45) is -11.5. The lowest BCUT2D eigenvalue weighted by Crippen LogP contribution is -2.68. The molecule has 9 rings (SSSR count). The van der Waals surface area contributed by atoms with E-state index in [4.69, 9.17) is 28.4 Å². The van der Waals surface area contributed by atoms with Crippen molar-refractivity contribution in [1.82, 2.24) is 19.8 Å². The maximum atomic E-state index is 13.3. The number of benzene rings is 4. The van der Waals surface area contributed by atoms with Crippen molar-refractivity contribution in [3.05, 3.63) is 157 Å². The monoisotopic (exact) mass is 1410 g/mol. The minimum Gasteiger partial charge on any atom is -0.497 e. The van der Waals surface area contributed by atoms with Crippen molar-refractivity contribution in [2.24, 2.45) is 17.3 Å². The number of H-pyrrole nitrogens is 1. The third-order valence-corrected chi connectivity index (χ3v) is 23.4. The molecule has 1 saturated heterocycles. The number of aromatic nitrogens is 2. The number of unbranched alkanes of at least 4 members (excludes halogenated alkanes) is 3. The topological polar surface area (TPSA) is 172 Å². The number of aromatic amines is 1. The van der Waals surface area contributed by atoms with Gasteiger partial charge in [-0.05, 0) is 172 Å². The highest BCUT2D eigenvalue weighted by atomic mass is 33.1. The number of nitrogens with zero attached hydrogens (tertiary/aromatic N) is 2. The van der Waals surface area contributed by atoms with Crippen LogP contribution in [-0.2, 0) is 42.2 Å². The fraction of sp³-hybridized carbons (Fsp3) is 0.592. The van der Waals surface area contributed by atoms with Crippen LogP contribution in [0.15, 0.2) is 113 Å². The van der Waals surface area contributed by atoms with E-state index < -0.39 is 72.6 Å². The van der Waals surface area contributed by atoms with Gasteiger partial charge in [0.2, 0.25) is 5.91 Å². The Morgan fingerprint density at radius 2 is 1.40 bits per heavy atom. The SMILES string of the molecule is COc1ccc(C(OC[C@H]2O[C@@H](n3cc(CCC(=O)NCCCCCCSSC(C)(C)CCOc4ccc5c(c4)CCC4C5CC[C@]5(C)[C@@H](OCCN(C)CCOC(C(F)(F)F)(C(F)(F)F)C(F)(F)F)CC[C@@H]45)c(=O)[nH]c3=O)C[C@@H]2O)(c2ccccc2)c2ccc(OC)cc2)cc1. The van der Waals surface area contributed by atoms with Crippen molar-refractivity contribution < 1.29 is 82.6 Å². The molecule has 0 spiro atoms. The third-order valence-electron chi connectivity index (χ3n) is 19.9. The quantitative estimate of drug-likeness (QED) is 0.0157. The Bertz CT molecular complexity index is 3400. The second-order valence-corrected chi connectivity index (χ2v) is 29.8. The number of amides is 1. The summed E-state index contributed by atoms with van der Waals surface area (Å²) in [5.74, 6) is 4.17. The van der Waals surface area contributed by atoms with E-state index >= 15 is 0 Å². The average molecular weight is 1410 g/mol. The molecule has 5 aromatic rings. The summed E-state index contributed by atoms with van der Waals surface area (Å²) >= 11 is 0. The molecule has 15 nitrogen and oxygen atoms in total. The Balaban J connectivity index is 0.645. The van der Waals surface area contributed by atoms with Crippen molar-refractivity contribution in [2.45, 2.75) is 176 Å². The normalized spacial score (nSPS) is 22.3. The second kappa shape index (κ2) is 32.3. The molecule has 1 aliphatic heterocycles. The van der Waals surface area contributed by atoms with Crippen LogP contribution in [0.25, 0.3) is 0 Å². The molecule has 1 amide bonds. The van der Waals surface area contributed by atoms with Gasteiger partial charge in [-0.2, -0.15) is 39.5 Å². The average Bonchev–Trinajstić information content (AvgIpc) is 1.53. The molecule has 2 saturated carbocycles. The molecule has 534 valence electrons. The molecule has 2 unspecified atom stereocenters. The van der Waals surface area contributed by atoms with Crippen LogP contribution in [0.1, 0.15) is 143 Å². The van der Waals surface area contributed by atoms with Gasteiger partial charge >= 0.3 is 29.8 Å². The molecule has 2 heterocycles. The highest BCUT2D eigenvalue weighted by Crippen LogP contribution is 2.62. The molecule has 4 aliphatic rings. The number of likely N-dealkylation sites (N-methyl/N-ethyl adjacent to an activating group) is 1. The number of aliphatic hydroxyl groups is 1. The lowest BCUT2D eigenvalue weighted by molar-refractivity contribution is -0.457. The number of fused-ring (bicyclic) bond motifs is 5.